The summed E-state index contributed by atoms with van der Waals surface area (Å²) < 4.78 is 36.4. The standard InChI is InChI=1S/C16H29NO5S/c1-2-3-4-8-11-16(18)22-15(13-23(19,20)21)12-17-14-9-6-5-7-10-14/h4,8,14-15,17H,2-3,5-7,9-13H2,1H3,(H,19,20,21)/b8-4-. The van der Waals surface area contributed by atoms with E-state index in [1.807, 2.05) is 13.0 Å². The summed E-state index contributed by atoms with van der Waals surface area (Å²) in [6.45, 7) is 2.29. The normalized spacial score (nSPS) is 18.2. The molecular formula is C16H29NO5S. The van der Waals surface area contributed by atoms with Gasteiger partial charge in [-0.05, 0) is 19.3 Å². The van der Waals surface area contributed by atoms with Crippen molar-refractivity contribution in [3.8, 4) is 0 Å². The number of ether oxygens (including phenoxy) is 1. The average Bonchev–Trinajstić information content (AvgIpc) is 2.49. The number of allylic oxidation sites excluding steroid dienone is 1. The first kappa shape index (κ1) is 20.1. The van der Waals surface area contributed by atoms with Gasteiger partial charge in [0.25, 0.3) is 10.1 Å². The molecule has 23 heavy (non-hydrogen) atoms. The third-order valence-corrected chi connectivity index (χ3v) is 4.63. The molecule has 0 aromatic rings. The second-order valence-electron chi connectivity index (χ2n) is 6.07. The number of hydrogen-bond donors (Lipinski definition) is 2. The number of carbonyl (C=O) groups excluding carboxylic acids is 1. The molecule has 0 aliphatic heterocycles. The molecular weight excluding hydrogens is 318 g/mol. The van der Waals surface area contributed by atoms with Crippen LogP contribution in [0.5, 0.6) is 0 Å². The molecule has 1 saturated carbocycles. The molecule has 2 N–H and O–H groups in total. The Morgan fingerprint density at radius 3 is 2.61 bits per heavy atom. The van der Waals surface area contributed by atoms with E-state index in [0.717, 1.165) is 38.5 Å². The van der Waals surface area contributed by atoms with Crippen LogP contribution in [0.2, 0.25) is 0 Å². The van der Waals surface area contributed by atoms with Gasteiger partial charge in [0, 0.05) is 12.6 Å². The summed E-state index contributed by atoms with van der Waals surface area (Å²) in [7, 11) is -4.19. The highest BCUT2D eigenvalue weighted by Crippen LogP contribution is 2.17. The maximum Gasteiger partial charge on any atom is 0.309 e. The summed E-state index contributed by atoms with van der Waals surface area (Å²) in [6.07, 6.45) is 10.4. The fraction of sp³-hybridized carbons (Fsp3) is 0.812. The number of rotatable bonds is 10. The van der Waals surface area contributed by atoms with Crippen LogP contribution in [0.1, 0.15) is 58.3 Å². The van der Waals surface area contributed by atoms with E-state index in [9.17, 15) is 13.2 Å². The van der Waals surface area contributed by atoms with E-state index in [0.29, 0.717) is 6.04 Å². The van der Waals surface area contributed by atoms with Gasteiger partial charge in [-0.1, -0.05) is 44.8 Å². The molecule has 1 unspecified atom stereocenters. The predicted octanol–water partition coefficient (Wildman–Crippen LogP) is 2.45. The highest BCUT2D eigenvalue weighted by atomic mass is 32.2. The number of carbonyl (C=O) groups is 1. The van der Waals surface area contributed by atoms with Crippen LogP contribution >= 0.6 is 0 Å². The zero-order valence-corrected chi connectivity index (χ0v) is 14.7. The Balaban J connectivity index is 2.45. The van der Waals surface area contributed by atoms with Crippen LogP contribution in [-0.4, -0.2) is 43.4 Å². The third-order valence-electron chi connectivity index (χ3n) is 3.84. The van der Waals surface area contributed by atoms with Crippen molar-refractivity contribution in [2.45, 2.75) is 70.4 Å². The van der Waals surface area contributed by atoms with Crippen molar-refractivity contribution in [2.75, 3.05) is 12.3 Å². The Hall–Kier alpha value is -0.920. The Labute approximate surface area is 139 Å². The lowest BCUT2D eigenvalue weighted by atomic mass is 9.95. The fourth-order valence-electron chi connectivity index (χ4n) is 2.67. The summed E-state index contributed by atoms with van der Waals surface area (Å²) in [5.41, 5.74) is 0. The second kappa shape index (κ2) is 10.8. The Kier molecular flexibility index (Phi) is 9.43. The van der Waals surface area contributed by atoms with Crippen LogP contribution in [0.4, 0.5) is 0 Å². The maximum absolute atomic E-state index is 11.8. The van der Waals surface area contributed by atoms with Crippen LogP contribution in [0.25, 0.3) is 0 Å². The lowest BCUT2D eigenvalue weighted by molar-refractivity contribution is -0.146. The molecule has 0 aromatic carbocycles. The molecule has 1 fully saturated rings. The van der Waals surface area contributed by atoms with E-state index in [1.54, 1.807) is 6.08 Å². The van der Waals surface area contributed by atoms with E-state index >= 15 is 0 Å². The lowest BCUT2D eigenvalue weighted by Gasteiger charge is -2.25. The summed E-state index contributed by atoms with van der Waals surface area (Å²) >= 11 is 0. The van der Waals surface area contributed by atoms with Crippen molar-refractivity contribution >= 4 is 16.1 Å². The number of esters is 1. The van der Waals surface area contributed by atoms with Gasteiger partial charge in [0.05, 0.1) is 6.42 Å². The van der Waals surface area contributed by atoms with Gasteiger partial charge in [0.1, 0.15) is 11.9 Å². The van der Waals surface area contributed by atoms with Gasteiger partial charge in [-0.3, -0.25) is 9.35 Å². The minimum absolute atomic E-state index is 0.116. The summed E-state index contributed by atoms with van der Waals surface area (Å²) in [6, 6.07) is 0.329. The molecule has 0 bridgehead atoms. The molecule has 0 aromatic heterocycles. The van der Waals surface area contributed by atoms with Crippen LogP contribution in [0, 0.1) is 0 Å². The van der Waals surface area contributed by atoms with Crippen molar-refractivity contribution in [3.63, 3.8) is 0 Å². The number of unbranched alkanes of at least 4 members (excludes halogenated alkanes) is 1. The first-order valence-corrected chi connectivity index (χ1v) is 10.0. The first-order valence-electron chi connectivity index (χ1n) is 8.43. The smallest absolute Gasteiger partial charge is 0.309 e. The van der Waals surface area contributed by atoms with Crippen LogP contribution in [0.3, 0.4) is 0 Å². The van der Waals surface area contributed by atoms with Gasteiger partial charge in [-0.2, -0.15) is 8.42 Å². The molecule has 1 aliphatic carbocycles. The molecule has 7 heteroatoms. The van der Waals surface area contributed by atoms with Crippen molar-refractivity contribution in [3.05, 3.63) is 12.2 Å². The van der Waals surface area contributed by atoms with Gasteiger partial charge in [-0.15, -0.1) is 0 Å². The van der Waals surface area contributed by atoms with Gasteiger partial charge >= 0.3 is 5.97 Å². The Morgan fingerprint density at radius 1 is 1.30 bits per heavy atom. The third kappa shape index (κ3) is 10.5. The fourth-order valence-corrected chi connectivity index (χ4v) is 3.33. The van der Waals surface area contributed by atoms with E-state index < -0.39 is 27.9 Å². The molecule has 1 aliphatic rings. The Morgan fingerprint density at radius 2 is 2.00 bits per heavy atom. The van der Waals surface area contributed by atoms with Crippen LogP contribution in [0.15, 0.2) is 12.2 Å². The van der Waals surface area contributed by atoms with Crippen molar-refractivity contribution in [1.29, 1.82) is 0 Å². The lowest BCUT2D eigenvalue weighted by Crippen LogP contribution is -2.41. The molecule has 1 atom stereocenters. The zero-order valence-electron chi connectivity index (χ0n) is 13.9. The summed E-state index contributed by atoms with van der Waals surface area (Å²) in [5.74, 6) is -1.05. The molecule has 1 rings (SSSR count). The van der Waals surface area contributed by atoms with Gasteiger partial charge in [-0.25, -0.2) is 0 Å². The van der Waals surface area contributed by atoms with Crippen molar-refractivity contribution < 1.29 is 22.5 Å². The molecule has 6 nitrogen and oxygen atoms in total. The van der Waals surface area contributed by atoms with E-state index in [4.69, 9.17) is 9.29 Å². The van der Waals surface area contributed by atoms with Crippen LogP contribution in [-0.2, 0) is 19.6 Å². The topological polar surface area (TPSA) is 92.7 Å². The molecule has 0 spiro atoms. The highest BCUT2D eigenvalue weighted by molar-refractivity contribution is 7.85. The zero-order chi connectivity index (χ0) is 17.1. The Bertz CT molecular complexity index is 469. The molecule has 134 valence electrons. The number of nitrogens with one attached hydrogen (secondary N) is 1. The second-order valence-corrected chi connectivity index (χ2v) is 7.56. The van der Waals surface area contributed by atoms with Gasteiger partial charge in [0.2, 0.25) is 0 Å². The molecule has 0 amide bonds. The number of hydrogen-bond acceptors (Lipinski definition) is 5. The minimum Gasteiger partial charge on any atom is -0.460 e. The van der Waals surface area contributed by atoms with Gasteiger partial charge < -0.3 is 10.1 Å². The van der Waals surface area contributed by atoms with Crippen molar-refractivity contribution in [2.24, 2.45) is 0 Å². The largest absolute Gasteiger partial charge is 0.460 e. The SMILES string of the molecule is CCC/C=C\CC(=O)OC(CNC1CCCCC1)CS(=O)(=O)O. The molecule has 0 saturated heterocycles. The monoisotopic (exact) mass is 347 g/mol. The minimum atomic E-state index is -4.19. The van der Waals surface area contributed by atoms with E-state index in [2.05, 4.69) is 5.32 Å². The highest BCUT2D eigenvalue weighted by Gasteiger charge is 2.22. The molecule has 0 heterocycles. The van der Waals surface area contributed by atoms with E-state index in [1.165, 1.54) is 6.42 Å². The first-order chi connectivity index (χ1) is 10.9. The van der Waals surface area contributed by atoms with Crippen molar-refractivity contribution in [1.82, 2.24) is 5.32 Å². The molecule has 0 radical (unpaired) electrons. The average molecular weight is 347 g/mol. The maximum atomic E-state index is 11.8. The quantitative estimate of drug-likeness (QED) is 0.358. The summed E-state index contributed by atoms with van der Waals surface area (Å²) in [5, 5.41) is 3.26. The van der Waals surface area contributed by atoms with Gasteiger partial charge in [0.15, 0.2) is 0 Å². The van der Waals surface area contributed by atoms with Crippen LogP contribution < -0.4 is 5.32 Å². The summed E-state index contributed by atoms with van der Waals surface area (Å²) in [4.78, 5) is 11.8. The predicted molar refractivity (Wildman–Crippen MR) is 89.8 cm³/mol. The van der Waals surface area contributed by atoms with E-state index in [-0.39, 0.29) is 13.0 Å².